The Morgan fingerprint density at radius 1 is 0.789 bits per heavy atom. The molecule has 200 valence electrons. The minimum absolute atomic E-state index is 0.226. The van der Waals surface area contributed by atoms with E-state index in [2.05, 4.69) is 13.2 Å². The van der Waals surface area contributed by atoms with E-state index < -0.39 is 28.2 Å². The Kier molecular flexibility index (Phi) is 8.92. The van der Waals surface area contributed by atoms with Gasteiger partial charge in [-0.05, 0) is 90.6 Å². The van der Waals surface area contributed by atoms with Gasteiger partial charge in [0, 0.05) is 11.1 Å². The van der Waals surface area contributed by atoms with E-state index in [0.717, 1.165) is 0 Å². The highest BCUT2D eigenvalue weighted by atomic mass is 16.5. The fraction of sp³-hybridized carbons (Fsp3) is 0.312. The third-order valence-electron chi connectivity index (χ3n) is 6.29. The molecule has 2 aromatic carbocycles. The predicted molar refractivity (Wildman–Crippen MR) is 149 cm³/mol. The molecule has 0 amide bonds. The van der Waals surface area contributed by atoms with Gasteiger partial charge in [0.2, 0.25) is 11.6 Å². The van der Waals surface area contributed by atoms with Gasteiger partial charge in [-0.3, -0.25) is 9.59 Å². The molecule has 0 aromatic heterocycles. The molecule has 2 aromatic rings. The molecule has 2 N–H and O–H groups in total. The number of ketones is 2. The molecule has 0 saturated carbocycles. The molecule has 6 nitrogen and oxygen atoms in total. The molecule has 0 radical (unpaired) electrons. The van der Waals surface area contributed by atoms with Crippen LogP contribution in [0.3, 0.4) is 0 Å². The second-order valence-corrected chi connectivity index (χ2v) is 10.3. The zero-order chi connectivity index (χ0) is 28.0. The molecule has 0 aliphatic heterocycles. The lowest BCUT2D eigenvalue weighted by Crippen LogP contribution is -2.49. The van der Waals surface area contributed by atoms with E-state index in [4.69, 9.17) is 9.47 Å². The van der Waals surface area contributed by atoms with Crippen molar-refractivity contribution in [3.63, 3.8) is 0 Å². The van der Waals surface area contributed by atoms with Crippen LogP contribution in [0, 0.1) is 5.41 Å². The number of ether oxygens (including phenoxy) is 2. The van der Waals surface area contributed by atoms with Crippen LogP contribution >= 0.6 is 0 Å². The van der Waals surface area contributed by atoms with E-state index >= 15 is 0 Å². The number of Topliss-reactive ketones (excluding diaryl/α,β-unsaturated/α-hetero) is 2. The lowest BCUT2D eigenvalue weighted by Gasteiger charge is -2.40. The molecular formula is C32H36O6. The van der Waals surface area contributed by atoms with Crippen LogP contribution in [0.5, 0.6) is 11.5 Å². The summed E-state index contributed by atoms with van der Waals surface area (Å²) in [6, 6.07) is 13.0. The fourth-order valence-electron chi connectivity index (χ4n) is 4.22. The van der Waals surface area contributed by atoms with Gasteiger partial charge in [0.15, 0.2) is 11.2 Å². The molecule has 1 aliphatic carbocycles. The van der Waals surface area contributed by atoms with Crippen LogP contribution in [0.4, 0.5) is 0 Å². The van der Waals surface area contributed by atoms with E-state index in [1.807, 2.05) is 20.8 Å². The summed E-state index contributed by atoms with van der Waals surface area (Å²) in [4.78, 5) is 26.9. The van der Waals surface area contributed by atoms with Gasteiger partial charge < -0.3 is 19.7 Å². The minimum Gasteiger partial charge on any atom is -0.493 e. The van der Waals surface area contributed by atoms with E-state index in [0.29, 0.717) is 37.6 Å². The molecule has 0 saturated heterocycles. The summed E-state index contributed by atoms with van der Waals surface area (Å²) in [6.45, 7) is 13.7. The number of hydrogen-bond donors (Lipinski definition) is 2. The minimum atomic E-state index is -2.04. The Morgan fingerprint density at radius 3 is 1.66 bits per heavy atom. The van der Waals surface area contributed by atoms with Gasteiger partial charge in [-0.1, -0.05) is 32.9 Å². The van der Waals surface area contributed by atoms with Crippen molar-refractivity contribution in [2.45, 2.75) is 44.8 Å². The maximum Gasteiger partial charge on any atom is 0.202 e. The summed E-state index contributed by atoms with van der Waals surface area (Å²) in [7, 11) is 0. The van der Waals surface area contributed by atoms with Crippen molar-refractivity contribution in [2.75, 3.05) is 13.2 Å². The first kappa shape index (κ1) is 28.8. The Hall–Kier alpha value is -3.74. The second kappa shape index (κ2) is 11.8. The van der Waals surface area contributed by atoms with Crippen LogP contribution in [0.1, 0.15) is 54.3 Å². The Balaban J connectivity index is 1.88. The van der Waals surface area contributed by atoms with Gasteiger partial charge in [0.05, 0.1) is 13.2 Å². The first-order valence-corrected chi connectivity index (χ1v) is 12.6. The Bertz CT molecular complexity index is 1230. The first-order valence-electron chi connectivity index (χ1n) is 12.6. The highest BCUT2D eigenvalue weighted by molar-refractivity contribution is 6.09. The van der Waals surface area contributed by atoms with Gasteiger partial charge in [-0.2, -0.15) is 0 Å². The summed E-state index contributed by atoms with van der Waals surface area (Å²) in [6.07, 6.45) is 8.60. The smallest absolute Gasteiger partial charge is 0.202 e. The number of hydrogen-bond acceptors (Lipinski definition) is 6. The standard InChI is InChI=1S/C32H36O6/c1-6-8-20-37-25-14-10-23(11-15-25)28(33)31(35)18-19-32(36,27(22-31)30(3,4)5)29(34)24-12-16-26(17-13-24)38-21-9-7-2/h6-7,10-19,22,35-36H,1-2,8-9,20-21H2,3-5H3. The monoisotopic (exact) mass is 516 g/mol. The molecule has 0 fully saturated rings. The van der Waals surface area contributed by atoms with Gasteiger partial charge in [-0.15, -0.1) is 13.2 Å². The average Bonchev–Trinajstić information content (AvgIpc) is 2.90. The van der Waals surface area contributed by atoms with Crippen LogP contribution in [-0.2, 0) is 0 Å². The molecule has 0 bridgehead atoms. The van der Waals surface area contributed by atoms with Crippen molar-refractivity contribution in [1.82, 2.24) is 0 Å². The molecule has 3 rings (SSSR count). The normalized spacial score (nSPS) is 20.8. The topological polar surface area (TPSA) is 93.1 Å². The second-order valence-electron chi connectivity index (χ2n) is 10.3. The molecule has 6 heteroatoms. The molecule has 1 aliphatic rings. The van der Waals surface area contributed by atoms with E-state index in [9.17, 15) is 19.8 Å². The lowest BCUT2D eigenvalue weighted by molar-refractivity contribution is 0.0493. The summed E-state index contributed by atoms with van der Waals surface area (Å²) in [5.74, 6) is 0.0441. The van der Waals surface area contributed by atoms with Gasteiger partial charge in [0.1, 0.15) is 11.5 Å². The molecule has 0 spiro atoms. The number of carbonyl (C=O) groups is 2. The average molecular weight is 517 g/mol. The fourth-order valence-corrected chi connectivity index (χ4v) is 4.22. The van der Waals surface area contributed by atoms with Crippen molar-refractivity contribution >= 4 is 11.6 Å². The number of carbonyl (C=O) groups excluding carboxylic acids is 2. The van der Waals surface area contributed by atoms with Crippen molar-refractivity contribution in [2.24, 2.45) is 5.41 Å². The third-order valence-corrected chi connectivity index (χ3v) is 6.29. The van der Waals surface area contributed by atoms with Gasteiger partial charge in [-0.25, -0.2) is 0 Å². The van der Waals surface area contributed by atoms with Gasteiger partial charge in [0.25, 0.3) is 0 Å². The van der Waals surface area contributed by atoms with Crippen LogP contribution in [0.2, 0.25) is 0 Å². The zero-order valence-electron chi connectivity index (χ0n) is 22.3. The van der Waals surface area contributed by atoms with Crippen molar-refractivity contribution < 1.29 is 29.3 Å². The largest absolute Gasteiger partial charge is 0.493 e. The van der Waals surface area contributed by atoms with Crippen LogP contribution < -0.4 is 9.47 Å². The van der Waals surface area contributed by atoms with E-state index in [1.165, 1.54) is 18.2 Å². The molecule has 0 heterocycles. The van der Waals surface area contributed by atoms with Crippen LogP contribution in [-0.4, -0.2) is 46.2 Å². The summed E-state index contributed by atoms with van der Waals surface area (Å²) in [5, 5.41) is 23.1. The molecule has 2 unspecified atom stereocenters. The highest BCUT2D eigenvalue weighted by Gasteiger charge is 2.49. The highest BCUT2D eigenvalue weighted by Crippen LogP contribution is 2.42. The summed E-state index contributed by atoms with van der Waals surface area (Å²) < 4.78 is 11.2. The quantitative estimate of drug-likeness (QED) is 0.215. The zero-order valence-corrected chi connectivity index (χ0v) is 22.3. The van der Waals surface area contributed by atoms with Gasteiger partial charge >= 0.3 is 0 Å². The number of rotatable bonds is 12. The van der Waals surface area contributed by atoms with Crippen LogP contribution in [0.15, 0.2) is 97.6 Å². The Morgan fingerprint density at radius 2 is 1.24 bits per heavy atom. The van der Waals surface area contributed by atoms with Crippen molar-refractivity contribution in [3.8, 4) is 11.5 Å². The van der Waals surface area contributed by atoms with E-state index in [-0.39, 0.29) is 16.7 Å². The first-order chi connectivity index (χ1) is 17.9. The summed E-state index contributed by atoms with van der Waals surface area (Å²) >= 11 is 0. The summed E-state index contributed by atoms with van der Waals surface area (Å²) in [5.41, 5.74) is -4.07. The Labute approximate surface area is 224 Å². The maximum absolute atomic E-state index is 13.6. The van der Waals surface area contributed by atoms with Crippen molar-refractivity contribution in [1.29, 1.82) is 0 Å². The third kappa shape index (κ3) is 6.39. The number of benzene rings is 2. The van der Waals surface area contributed by atoms with E-state index in [1.54, 1.807) is 60.7 Å². The molecular weight excluding hydrogens is 480 g/mol. The lowest BCUT2D eigenvalue weighted by atomic mass is 9.67. The van der Waals surface area contributed by atoms with Crippen molar-refractivity contribution in [3.05, 3.63) is 109 Å². The van der Waals surface area contributed by atoms with Crippen LogP contribution in [0.25, 0.3) is 0 Å². The molecule has 38 heavy (non-hydrogen) atoms. The maximum atomic E-state index is 13.6. The number of aliphatic hydroxyl groups is 2. The SMILES string of the molecule is C=CCCOc1ccc(C(=O)C2(O)C=CC(O)(C(=O)c3ccc(OCCC=C)cc3)C(C(C)(C)C)=C2)cc1. The molecule has 2 atom stereocenters. The predicted octanol–water partition coefficient (Wildman–Crippen LogP) is 5.67.